The van der Waals surface area contributed by atoms with Crippen molar-refractivity contribution in [1.82, 2.24) is 5.64 Å². The van der Waals surface area contributed by atoms with Crippen LogP contribution in [0.3, 0.4) is 0 Å². The third-order valence-electron chi connectivity index (χ3n) is 2.77. The van der Waals surface area contributed by atoms with Crippen LogP contribution in [0.15, 0.2) is 0 Å². The maximum absolute atomic E-state index is 8.15. The van der Waals surface area contributed by atoms with Gasteiger partial charge in [0.1, 0.15) is 0 Å². The molecule has 0 radical (unpaired) electrons. The first kappa shape index (κ1) is 15.8. The molecule has 0 bridgehead atoms. The average Bonchev–Trinajstić information content (AvgIpc) is 2.31. The third-order valence-corrected chi connectivity index (χ3v) is 2.77. The van der Waals surface area contributed by atoms with Gasteiger partial charge in [-0.1, -0.05) is 57.0 Å². The van der Waals surface area contributed by atoms with Crippen molar-refractivity contribution in [3.05, 3.63) is 0 Å². The van der Waals surface area contributed by atoms with Gasteiger partial charge in [0.15, 0.2) is 0 Å². The average molecular weight is 232 g/mol. The Hall–Kier alpha value is -0.160. The number of hydrogen-bond donors (Lipinski definition) is 3. The van der Waals surface area contributed by atoms with Crippen molar-refractivity contribution in [1.29, 1.82) is 0 Å². The molecule has 0 saturated carbocycles. The van der Waals surface area contributed by atoms with Crippen molar-refractivity contribution in [3.8, 4) is 0 Å². The number of nitrogens with one attached hydrogen (secondary N) is 1. The predicted octanol–water partition coefficient (Wildman–Crippen LogP) is 2.76. The summed E-state index contributed by atoms with van der Waals surface area (Å²) >= 11 is 0. The zero-order valence-electron chi connectivity index (χ0n) is 10.4. The van der Waals surface area contributed by atoms with Crippen LogP contribution in [-0.4, -0.2) is 18.4 Å². The van der Waals surface area contributed by atoms with E-state index in [2.05, 4.69) is 4.84 Å². The van der Waals surface area contributed by atoms with E-state index in [1.165, 1.54) is 57.8 Å². The van der Waals surface area contributed by atoms with Gasteiger partial charge in [-0.05, 0) is 19.4 Å². The lowest BCUT2D eigenvalue weighted by Crippen LogP contribution is -2.08. The summed E-state index contributed by atoms with van der Waals surface area (Å²) in [6.07, 6.45) is 12.7. The van der Waals surface area contributed by atoms with Crippen molar-refractivity contribution in [2.24, 2.45) is 5.73 Å². The summed E-state index contributed by atoms with van der Waals surface area (Å²) in [5, 5.41) is 8.15. The number of nitrogens with two attached hydrogens (primary N) is 1. The molecule has 0 aromatic heterocycles. The van der Waals surface area contributed by atoms with E-state index in [-0.39, 0.29) is 0 Å². The molecule has 0 rings (SSSR count). The van der Waals surface area contributed by atoms with E-state index in [4.69, 9.17) is 10.9 Å². The molecule has 0 aliphatic heterocycles. The molecule has 4 nitrogen and oxygen atoms in total. The highest BCUT2D eigenvalue weighted by Gasteiger charge is 1.93. The van der Waals surface area contributed by atoms with Gasteiger partial charge in [-0.3, -0.25) is 10.0 Å². The van der Waals surface area contributed by atoms with E-state index in [9.17, 15) is 0 Å². The normalized spacial score (nSPS) is 10.9. The molecule has 0 amide bonds. The third kappa shape index (κ3) is 13.8. The maximum atomic E-state index is 8.15. The van der Waals surface area contributed by atoms with E-state index in [0.717, 1.165) is 13.0 Å². The molecule has 0 fully saturated rings. The second-order valence-electron chi connectivity index (χ2n) is 4.26. The highest BCUT2D eigenvalue weighted by molar-refractivity contribution is 4.48. The molecule has 0 atom stereocenters. The van der Waals surface area contributed by atoms with Crippen LogP contribution in [0.4, 0.5) is 0 Å². The number of unbranched alkanes of at least 4 members (excludes halogenated alkanes) is 9. The first-order chi connectivity index (χ1) is 7.91. The molecule has 0 aromatic carbocycles. The highest BCUT2D eigenvalue weighted by atomic mass is 16.8. The molecule has 0 aromatic rings. The molecule has 98 valence electrons. The second kappa shape index (κ2) is 14.8. The number of hydrogen-bond acceptors (Lipinski definition) is 4. The summed E-state index contributed by atoms with van der Waals surface area (Å²) in [7, 11) is 0. The fourth-order valence-corrected chi connectivity index (χ4v) is 1.78. The van der Waals surface area contributed by atoms with Crippen LogP contribution in [0.1, 0.15) is 64.2 Å². The molecule has 16 heavy (non-hydrogen) atoms. The van der Waals surface area contributed by atoms with Gasteiger partial charge in [0.25, 0.3) is 0 Å². The Morgan fingerprint density at radius 2 is 1.19 bits per heavy atom. The molecule has 0 aliphatic rings. The van der Waals surface area contributed by atoms with Crippen molar-refractivity contribution in [2.75, 3.05) is 13.2 Å². The Morgan fingerprint density at radius 1 is 0.750 bits per heavy atom. The molecule has 0 aliphatic carbocycles. The quantitative estimate of drug-likeness (QED) is 0.337. The van der Waals surface area contributed by atoms with Gasteiger partial charge < -0.3 is 5.73 Å². The summed E-state index contributed by atoms with van der Waals surface area (Å²) in [4.78, 5) is 4.61. The fourth-order valence-electron chi connectivity index (χ4n) is 1.78. The minimum atomic E-state index is 0.593. The van der Waals surface area contributed by atoms with Gasteiger partial charge in [0.05, 0.1) is 6.61 Å². The largest absolute Gasteiger partial charge is 0.330 e. The lowest BCUT2D eigenvalue weighted by Gasteiger charge is -2.02. The SMILES string of the molecule is NCCCCCCCCCCCCONO. The van der Waals surface area contributed by atoms with Gasteiger partial charge in [0, 0.05) is 0 Å². The van der Waals surface area contributed by atoms with Crippen LogP contribution < -0.4 is 11.4 Å². The van der Waals surface area contributed by atoms with E-state index < -0.39 is 0 Å². The van der Waals surface area contributed by atoms with Crippen molar-refractivity contribution >= 4 is 0 Å². The highest BCUT2D eigenvalue weighted by Crippen LogP contribution is 2.10. The molecule has 0 heterocycles. The molecule has 4 N–H and O–H groups in total. The predicted molar refractivity (Wildman–Crippen MR) is 66.1 cm³/mol. The lowest BCUT2D eigenvalue weighted by atomic mass is 10.1. The van der Waals surface area contributed by atoms with Crippen molar-refractivity contribution in [2.45, 2.75) is 64.2 Å². The molecule has 0 unspecified atom stereocenters. The summed E-state index contributed by atoms with van der Waals surface area (Å²) in [6.45, 7) is 1.43. The molecular weight excluding hydrogens is 204 g/mol. The van der Waals surface area contributed by atoms with E-state index in [1.807, 2.05) is 0 Å². The number of rotatable bonds is 13. The zero-order chi connectivity index (χ0) is 11.9. The minimum Gasteiger partial charge on any atom is -0.330 e. The van der Waals surface area contributed by atoms with Gasteiger partial charge >= 0.3 is 0 Å². The Labute approximate surface area is 99.5 Å². The van der Waals surface area contributed by atoms with Crippen LogP contribution in [0.5, 0.6) is 0 Å². The summed E-state index contributed by atoms with van der Waals surface area (Å²) in [6, 6.07) is 0. The summed E-state index contributed by atoms with van der Waals surface area (Å²) < 4.78 is 0. The van der Waals surface area contributed by atoms with Crippen LogP contribution >= 0.6 is 0 Å². The fraction of sp³-hybridized carbons (Fsp3) is 1.00. The summed E-state index contributed by atoms with van der Waals surface area (Å²) in [5.41, 5.74) is 7.12. The molecule has 0 spiro atoms. The zero-order valence-corrected chi connectivity index (χ0v) is 10.4. The van der Waals surface area contributed by atoms with Crippen LogP contribution in [0.2, 0.25) is 0 Å². The first-order valence-electron chi connectivity index (χ1n) is 6.62. The first-order valence-corrected chi connectivity index (χ1v) is 6.62. The van der Waals surface area contributed by atoms with E-state index in [0.29, 0.717) is 6.61 Å². The molecule has 0 saturated heterocycles. The molecule has 4 heteroatoms. The minimum absolute atomic E-state index is 0.593. The van der Waals surface area contributed by atoms with E-state index >= 15 is 0 Å². The van der Waals surface area contributed by atoms with Gasteiger partial charge in [-0.15, -0.1) is 0 Å². The van der Waals surface area contributed by atoms with Gasteiger partial charge in [-0.25, -0.2) is 0 Å². The van der Waals surface area contributed by atoms with Gasteiger partial charge in [0.2, 0.25) is 0 Å². The Bertz CT molecular complexity index is 110. The monoisotopic (exact) mass is 232 g/mol. The van der Waals surface area contributed by atoms with Crippen molar-refractivity contribution < 1.29 is 10.0 Å². The van der Waals surface area contributed by atoms with Crippen LogP contribution in [-0.2, 0) is 4.84 Å². The van der Waals surface area contributed by atoms with Gasteiger partial charge in [-0.2, -0.15) is 0 Å². The Balaban J connectivity index is 2.83. The Kier molecular flexibility index (Phi) is 14.7. The molecular formula is C12H28N2O2. The van der Waals surface area contributed by atoms with E-state index in [1.54, 1.807) is 5.64 Å². The lowest BCUT2D eigenvalue weighted by molar-refractivity contribution is -0.127. The van der Waals surface area contributed by atoms with Crippen LogP contribution in [0.25, 0.3) is 0 Å². The summed E-state index contributed by atoms with van der Waals surface area (Å²) in [5.74, 6) is 0. The smallest absolute Gasteiger partial charge is 0.0709 e. The Morgan fingerprint density at radius 3 is 1.62 bits per heavy atom. The van der Waals surface area contributed by atoms with Crippen molar-refractivity contribution in [3.63, 3.8) is 0 Å². The standard InChI is InChI=1S/C12H28N2O2/c13-11-9-7-5-3-1-2-4-6-8-10-12-16-14-15/h14-15H,1-13H2. The maximum Gasteiger partial charge on any atom is 0.0709 e. The van der Waals surface area contributed by atoms with Crippen LogP contribution in [0, 0.1) is 0 Å². The topological polar surface area (TPSA) is 67.5 Å². The second-order valence-corrected chi connectivity index (χ2v) is 4.26.